The normalized spacial score (nSPS) is 16.4. The van der Waals surface area contributed by atoms with Crippen LogP contribution in [0.2, 0.25) is 0 Å². The van der Waals surface area contributed by atoms with Gasteiger partial charge in [-0.15, -0.1) is 0 Å². The van der Waals surface area contributed by atoms with E-state index >= 15 is 0 Å². The first-order valence-corrected chi connectivity index (χ1v) is 13.3. The van der Waals surface area contributed by atoms with E-state index in [0.717, 1.165) is 20.4 Å². The Kier molecular flexibility index (Phi) is 6.43. The summed E-state index contributed by atoms with van der Waals surface area (Å²) in [4.78, 5) is 13.7. The summed E-state index contributed by atoms with van der Waals surface area (Å²) < 4.78 is 44.3. The van der Waals surface area contributed by atoms with Crippen LogP contribution in [-0.2, 0) is 23.0 Å². The summed E-state index contributed by atoms with van der Waals surface area (Å²) in [5.41, 5.74) is 8.62. The number of anilines is 1. The van der Waals surface area contributed by atoms with Gasteiger partial charge in [0.25, 0.3) is 0 Å². The summed E-state index contributed by atoms with van der Waals surface area (Å²) in [5.74, 6) is 0.0864. The first-order valence-electron chi connectivity index (χ1n) is 9.75. The third-order valence-corrected chi connectivity index (χ3v) is 8.78. The minimum absolute atomic E-state index is 0.137. The number of nitrogens with two attached hydrogens (primary N) is 1. The van der Waals surface area contributed by atoms with Crippen LogP contribution in [0.5, 0.6) is 0 Å². The first-order chi connectivity index (χ1) is 14.6. The maximum absolute atomic E-state index is 14.3. The number of imidazole rings is 1. The summed E-state index contributed by atoms with van der Waals surface area (Å²) in [5, 5.41) is 0.535. The van der Waals surface area contributed by atoms with E-state index in [2.05, 4.69) is 42.3 Å². The van der Waals surface area contributed by atoms with Crippen molar-refractivity contribution in [3.8, 4) is 0 Å². The monoisotopic (exact) mass is 576 g/mol. The van der Waals surface area contributed by atoms with E-state index < -0.39 is 16.2 Å². The fourth-order valence-electron chi connectivity index (χ4n) is 3.58. The lowest BCUT2D eigenvalue weighted by molar-refractivity contribution is 0.343. The van der Waals surface area contributed by atoms with Crippen LogP contribution in [0.1, 0.15) is 37.6 Å². The molecule has 0 saturated heterocycles. The van der Waals surface area contributed by atoms with E-state index in [0.29, 0.717) is 28.3 Å². The number of sulfonamides is 1. The lowest BCUT2D eigenvalue weighted by Crippen LogP contribution is -2.33. The number of rotatable bonds is 7. The molecule has 4 rings (SSSR count). The molecule has 3 aromatic rings. The Balaban J connectivity index is 1.72. The van der Waals surface area contributed by atoms with Crippen molar-refractivity contribution in [3.63, 3.8) is 0 Å². The van der Waals surface area contributed by atoms with E-state index in [1.165, 1.54) is 18.1 Å². The molecular formula is C19H22FIN6O2S2. The highest BCUT2D eigenvalue weighted by molar-refractivity contribution is 14.1. The average molecular weight is 576 g/mol. The number of nitrogens with one attached hydrogen (secondary N) is 1. The SMILES string of the molecule is CC(C)NS(=O)(=O)CCn1c(Sc2cc3c(cc2I)CCC3F)nc2c(N)ncnc21. The molecule has 0 aliphatic heterocycles. The highest BCUT2D eigenvalue weighted by atomic mass is 127. The van der Waals surface area contributed by atoms with Crippen molar-refractivity contribution in [1.82, 2.24) is 24.2 Å². The summed E-state index contributed by atoms with van der Waals surface area (Å²) in [6, 6.07) is 3.68. The van der Waals surface area contributed by atoms with Crippen molar-refractivity contribution < 1.29 is 12.8 Å². The van der Waals surface area contributed by atoms with Gasteiger partial charge in [0, 0.05) is 21.1 Å². The van der Waals surface area contributed by atoms with Crippen molar-refractivity contribution in [3.05, 3.63) is 33.2 Å². The molecule has 1 aromatic carbocycles. The molecule has 12 heteroatoms. The quantitative estimate of drug-likeness (QED) is 0.414. The largest absolute Gasteiger partial charge is 0.382 e. The van der Waals surface area contributed by atoms with Crippen molar-refractivity contribution in [2.75, 3.05) is 11.5 Å². The van der Waals surface area contributed by atoms with Crippen LogP contribution in [0.15, 0.2) is 28.5 Å². The maximum Gasteiger partial charge on any atom is 0.213 e. The van der Waals surface area contributed by atoms with Gasteiger partial charge in [0.05, 0.1) is 5.75 Å². The molecule has 2 heterocycles. The zero-order chi connectivity index (χ0) is 22.3. The molecule has 0 saturated carbocycles. The van der Waals surface area contributed by atoms with Crippen LogP contribution in [0.3, 0.4) is 0 Å². The molecule has 31 heavy (non-hydrogen) atoms. The lowest BCUT2D eigenvalue weighted by Gasteiger charge is -2.13. The smallest absolute Gasteiger partial charge is 0.213 e. The summed E-state index contributed by atoms with van der Waals surface area (Å²) in [6.45, 7) is 3.69. The molecule has 0 bridgehead atoms. The number of aromatic nitrogens is 4. The number of nitrogen functional groups attached to an aromatic ring is 1. The van der Waals surface area contributed by atoms with Gasteiger partial charge in [0.1, 0.15) is 12.5 Å². The Labute approximate surface area is 197 Å². The van der Waals surface area contributed by atoms with E-state index in [9.17, 15) is 12.8 Å². The van der Waals surface area contributed by atoms with E-state index in [4.69, 9.17) is 5.73 Å². The number of nitrogens with zero attached hydrogens (tertiary/aromatic N) is 4. The first kappa shape index (κ1) is 22.7. The average Bonchev–Trinajstić information content (AvgIpc) is 3.21. The van der Waals surface area contributed by atoms with Gasteiger partial charge in [-0.3, -0.25) is 0 Å². The van der Waals surface area contributed by atoms with Crippen LogP contribution in [0.25, 0.3) is 11.2 Å². The maximum atomic E-state index is 14.3. The molecule has 8 nitrogen and oxygen atoms in total. The zero-order valence-electron chi connectivity index (χ0n) is 17.0. The van der Waals surface area contributed by atoms with Gasteiger partial charge < -0.3 is 10.3 Å². The van der Waals surface area contributed by atoms with Crippen molar-refractivity contribution in [2.24, 2.45) is 0 Å². The van der Waals surface area contributed by atoms with Gasteiger partial charge >= 0.3 is 0 Å². The van der Waals surface area contributed by atoms with Crippen LogP contribution in [0, 0.1) is 3.57 Å². The van der Waals surface area contributed by atoms with E-state index in [-0.39, 0.29) is 24.2 Å². The Morgan fingerprint density at radius 1 is 1.39 bits per heavy atom. The van der Waals surface area contributed by atoms with Crippen LogP contribution in [-0.4, -0.2) is 39.7 Å². The van der Waals surface area contributed by atoms with Gasteiger partial charge in [-0.25, -0.2) is 32.5 Å². The predicted molar refractivity (Wildman–Crippen MR) is 127 cm³/mol. The molecule has 0 amide bonds. The number of hydrogen-bond donors (Lipinski definition) is 2. The van der Waals surface area contributed by atoms with Crippen LogP contribution in [0.4, 0.5) is 10.2 Å². The highest BCUT2D eigenvalue weighted by Crippen LogP contribution is 2.41. The topological polar surface area (TPSA) is 116 Å². The molecule has 166 valence electrons. The van der Waals surface area contributed by atoms with Crippen molar-refractivity contribution >= 4 is 61.4 Å². The lowest BCUT2D eigenvalue weighted by atomic mass is 10.1. The van der Waals surface area contributed by atoms with Gasteiger partial charge in [0.15, 0.2) is 22.1 Å². The van der Waals surface area contributed by atoms with E-state index in [1.54, 1.807) is 18.4 Å². The second-order valence-corrected chi connectivity index (χ2v) is 11.7. The molecular weight excluding hydrogens is 554 g/mol. The molecule has 1 aliphatic rings. The number of hydrogen-bond acceptors (Lipinski definition) is 7. The molecule has 3 N–H and O–H groups in total. The van der Waals surface area contributed by atoms with Gasteiger partial charge in [-0.05, 0) is 72.5 Å². The van der Waals surface area contributed by atoms with Crippen molar-refractivity contribution in [1.29, 1.82) is 0 Å². The van der Waals surface area contributed by atoms with Crippen molar-refractivity contribution in [2.45, 2.75) is 55.5 Å². The molecule has 1 unspecified atom stereocenters. The Bertz CT molecular complexity index is 1250. The van der Waals surface area contributed by atoms with Crippen LogP contribution < -0.4 is 10.5 Å². The second kappa shape index (κ2) is 8.79. The Hall–Kier alpha value is -1.51. The van der Waals surface area contributed by atoms with Gasteiger partial charge in [0.2, 0.25) is 10.0 Å². The number of halogens is 2. The second-order valence-electron chi connectivity index (χ2n) is 7.66. The molecule has 2 aromatic heterocycles. The van der Waals surface area contributed by atoms with E-state index in [1.807, 2.05) is 12.1 Å². The summed E-state index contributed by atoms with van der Waals surface area (Å²) >= 11 is 3.58. The van der Waals surface area contributed by atoms with Gasteiger partial charge in [-0.1, -0.05) is 11.8 Å². The molecule has 1 aliphatic carbocycles. The Morgan fingerprint density at radius 2 is 2.16 bits per heavy atom. The molecule has 0 fully saturated rings. The highest BCUT2D eigenvalue weighted by Gasteiger charge is 2.25. The predicted octanol–water partition coefficient (Wildman–Crippen LogP) is 3.45. The number of benzene rings is 1. The minimum Gasteiger partial charge on any atom is -0.382 e. The fourth-order valence-corrected chi connectivity index (χ4v) is 6.66. The fraction of sp³-hybridized carbons (Fsp3) is 0.421. The standard InChI is InChI=1S/C19H22FIN6O2S2/c1-10(2)26-31(28,29)6-5-27-18-16(17(22)23-9-24-18)25-19(27)30-15-8-12-11(7-14(15)21)3-4-13(12)20/h7-10,13,26H,3-6H2,1-2H3,(H2,22,23,24). The summed E-state index contributed by atoms with van der Waals surface area (Å²) in [6.07, 6.45) is 1.62. The van der Waals surface area contributed by atoms with Gasteiger partial charge in [-0.2, -0.15) is 0 Å². The summed E-state index contributed by atoms with van der Waals surface area (Å²) in [7, 11) is -3.48. The zero-order valence-corrected chi connectivity index (χ0v) is 20.8. The number of aryl methyl sites for hydroxylation is 2. The molecule has 1 atom stereocenters. The number of alkyl halides is 1. The van der Waals surface area contributed by atoms with Crippen LogP contribution >= 0.6 is 34.4 Å². The third-order valence-electron chi connectivity index (χ3n) is 4.92. The molecule has 0 radical (unpaired) electrons. The minimum atomic E-state index is -3.48. The Morgan fingerprint density at radius 3 is 2.90 bits per heavy atom. The third kappa shape index (κ3) is 4.81. The number of fused-ring (bicyclic) bond motifs is 2. The molecule has 0 spiro atoms.